The van der Waals surface area contributed by atoms with Crippen LogP contribution in [0.4, 0.5) is 0 Å². The van der Waals surface area contributed by atoms with Gasteiger partial charge in [0.15, 0.2) is 5.69 Å². The van der Waals surface area contributed by atoms with E-state index in [4.69, 9.17) is 4.52 Å². The van der Waals surface area contributed by atoms with Crippen molar-refractivity contribution in [2.75, 3.05) is 6.54 Å². The van der Waals surface area contributed by atoms with E-state index in [-0.39, 0.29) is 11.9 Å². The number of imidazole rings is 1. The molecule has 1 atom stereocenters. The second-order valence-electron chi connectivity index (χ2n) is 6.67. The van der Waals surface area contributed by atoms with Gasteiger partial charge in [0.2, 0.25) is 0 Å². The molecule has 1 N–H and O–H groups in total. The highest BCUT2D eigenvalue weighted by Gasteiger charge is 2.35. The summed E-state index contributed by atoms with van der Waals surface area (Å²) in [6, 6.07) is 9.23. The van der Waals surface area contributed by atoms with Crippen LogP contribution in [0.5, 0.6) is 0 Å². The molecule has 0 aliphatic carbocycles. The molecule has 140 valence electrons. The molecule has 1 aliphatic rings. The van der Waals surface area contributed by atoms with Crippen molar-refractivity contribution >= 4 is 5.91 Å². The second kappa shape index (κ2) is 6.45. The molecule has 0 saturated carbocycles. The van der Waals surface area contributed by atoms with Crippen molar-refractivity contribution in [3.05, 3.63) is 77.7 Å². The fourth-order valence-corrected chi connectivity index (χ4v) is 3.60. The molecule has 4 aromatic rings. The van der Waals surface area contributed by atoms with Gasteiger partial charge in [-0.1, -0.05) is 17.3 Å². The lowest BCUT2D eigenvalue weighted by molar-refractivity contribution is 0.0680. The van der Waals surface area contributed by atoms with Crippen LogP contribution in [0.15, 0.2) is 53.8 Å². The van der Waals surface area contributed by atoms with Crippen LogP contribution in [0, 0.1) is 6.92 Å². The predicted octanol–water partition coefficient (Wildman–Crippen LogP) is 2.07. The molecule has 1 unspecified atom stereocenters. The minimum atomic E-state index is -0.302. The normalized spacial score (nSPS) is 16.2. The average molecular weight is 375 g/mol. The van der Waals surface area contributed by atoms with Gasteiger partial charge in [0, 0.05) is 24.7 Å². The first kappa shape index (κ1) is 16.4. The summed E-state index contributed by atoms with van der Waals surface area (Å²) in [7, 11) is 0. The fraction of sp³-hybridized carbons (Fsp3) is 0.211. The summed E-state index contributed by atoms with van der Waals surface area (Å²) >= 11 is 0. The maximum absolute atomic E-state index is 13.1. The van der Waals surface area contributed by atoms with E-state index in [1.54, 1.807) is 35.2 Å². The van der Waals surface area contributed by atoms with Gasteiger partial charge in [-0.2, -0.15) is 5.10 Å². The lowest BCUT2D eigenvalue weighted by Crippen LogP contribution is -2.41. The highest BCUT2D eigenvalue weighted by molar-refractivity contribution is 5.93. The summed E-state index contributed by atoms with van der Waals surface area (Å²) in [5, 5.41) is 8.04. The van der Waals surface area contributed by atoms with Gasteiger partial charge in [0.25, 0.3) is 5.91 Å². The van der Waals surface area contributed by atoms with Crippen LogP contribution >= 0.6 is 0 Å². The van der Waals surface area contributed by atoms with Crippen LogP contribution in [0.25, 0.3) is 5.69 Å². The number of nitrogens with one attached hydrogen (secondary N) is 1. The second-order valence-corrected chi connectivity index (χ2v) is 6.67. The third-order valence-corrected chi connectivity index (χ3v) is 4.93. The van der Waals surface area contributed by atoms with Crippen LogP contribution in [0.3, 0.4) is 0 Å². The monoisotopic (exact) mass is 375 g/mol. The Morgan fingerprint density at radius 2 is 2.14 bits per heavy atom. The number of benzene rings is 1. The van der Waals surface area contributed by atoms with Gasteiger partial charge < -0.3 is 14.4 Å². The van der Waals surface area contributed by atoms with E-state index in [1.165, 1.54) is 6.33 Å². The quantitative estimate of drug-likeness (QED) is 0.588. The summed E-state index contributed by atoms with van der Waals surface area (Å²) in [4.78, 5) is 26.6. The molecule has 5 rings (SSSR count). The molecule has 1 aromatic carbocycles. The van der Waals surface area contributed by atoms with Gasteiger partial charge in [-0.25, -0.2) is 14.6 Å². The number of H-pyrrole nitrogens is 1. The lowest BCUT2D eigenvalue weighted by Gasteiger charge is -2.34. The number of carbonyl (C=O) groups is 1. The standard InChI is InChI=1S/C19H17N7O2/c1-12-8-16(24-28-12)19(27)25-7-6-15-17(22-10-21-15)18(25)13-2-4-14(5-3-13)26-11-20-9-23-26/h2-5,8-11,18H,6-7H2,1H3,(H,21,22). The van der Waals surface area contributed by atoms with Crippen LogP contribution in [0.2, 0.25) is 0 Å². The van der Waals surface area contributed by atoms with Gasteiger partial charge in [-0.15, -0.1) is 0 Å². The van der Waals surface area contributed by atoms with E-state index in [0.717, 1.165) is 22.6 Å². The van der Waals surface area contributed by atoms with E-state index in [0.29, 0.717) is 24.4 Å². The number of nitrogens with zero attached hydrogens (tertiary/aromatic N) is 6. The Morgan fingerprint density at radius 3 is 2.86 bits per heavy atom. The minimum Gasteiger partial charge on any atom is -0.361 e. The van der Waals surface area contributed by atoms with E-state index in [9.17, 15) is 4.79 Å². The van der Waals surface area contributed by atoms with E-state index in [1.807, 2.05) is 24.3 Å². The molecule has 9 nitrogen and oxygen atoms in total. The predicted molar refractivity (Wildman–Crippen MR) is 97.8 cm³/mol. The fourth-order valence-electron chi connectivity index (χ4n) is 3.60. The number of fused-ring (bicyclic) bond motifs is 1. The SMILES string of the molecule is Cc1cc(C(=O)N2CCc3[nH]cnc3C2c2ccc(-n3cncn3)cc2)no1. The van der Waals surface area contributed by atoms with Gasteiger partial charge in [0.1, 0.15) is 24.5 Å². The average Bonchev–Trinajstić information content (AvgIpc) is 3.48. The number of aromatic amines is 1. The molecule has 1 aliphatic heterocycles. The van der Waals surface area contributed by atoms with Crippen molar-refractivity contribution in [1.82, 2.24) is 34.8 Å². The maximum atomic E-state index is 13.1. The van der Waals surface area contributed by atoms with Crippen molar-refractivity contribution in [3.63, 3.8) is 0 Å². The van der Waals surface area contributed by atoms with E-state index < -0.39 is 0 Å². The number of aryl methyl sites for hydroxylation is 1. The molecule has 0 spiro atoms. The van der Waals surface area contributed by atoms with Gasteiger partial charge >= 0.3 is 0 Å². The highest BCUT2D eigenvalue weighted by atomic mass is 16.5. The van der Waals surface area contributed by atoms with Gasteiger partial charge in [-0.05, 0) is 24.6 Å². The van der Waals surface area contributed by atoms with E-state index in [2.05, 4.69) is 25.2 Å². The summed E-state index contributed by atoms with van der Waals surface area (Å²) < 4.78 is 6.78. The molecule has 3 aromatic heterocycles. The molecule has 1 amide bonds. The summed E-state index contributed by atoms with van der Waals surface area (Å²) in [5.74, 6) is 0.436. The smallest absolute Gasteiger partial charge is 0.276 e. The number of hydrogen-bond acceptors (Lipinski definition) is 6. The Morgan fingerprint density at radius 1 is 1.29 bits per heavy atom. The van der Waals surface area contributed by atoms with Gasteiger partial charge in [-0.3, -0.25) is 4.79 Å². The summed E-state index contributed by atoms with van der Waals surface area (Å²) in [5.41, 5.74) is 4.06. The topological polar surface area (TPSA) is 106 Å². The Kier molecular flexibility index (Phi) is 3.78. The molecule has 0 fully saturated rings. The van der Waals surface area contributed by atoms with Crippen LogP contribution in [0.1, 0.15) is 39.2 Å². The van der Waals surface area contributed by atoms with E-state index >= 15 is 0 Å². The zero-order valence-corrected chi connectivity index (χ0v) is 15.1. The number of carbonyl (C=O) groups excluding carboxylic acids is 1. The third kappa shape index (κ3) is 2.68. The van der Waals surface area contributed by atoms with Crippen molar-refractivity contribution in [2.24, 2.45) is 0 Å². The largest absolute Gasteiger partial charge is 0.361 e. The van der Waals surface area contributed by atoms with Crippen molar-refractivity contribution in [3.8, 4) is 5.69 Å². The number of amides is 1. The minimum absolute atomic E-state index is 0.171. The molecule has 9 heteroatoms. The third-order valence-electron chi connectivity index (χ3n) is 4.93. The first-order valence-corrected chi connectivity index (χ1v) is 8.92. The molecule has 0 bridgehead atoms. The molecule has 28 heavy (non-hydrogen) atoms. The molecular formula is C19H17N7O2. The van der Waals surface area contributed by atoms with Crippen LogP contribution < -0.4 is 0 Å². The Hall–Kier alpha value is -3.75. The number of rotatable bonds is 3. The van der Waals surface area contributed by atoms with Crippen LogP contribution in [-0.4, -0.2) is 47.2 Å². The Labute approximate surface area is 160 Å². The summed E-state index contributed by atoms with van der Waals surface area (Å²) in [6.07, 6.45) is 5.52. The van der Waals surface area contributed by atoms with Crippen molar-refractivity contribution in [1.29, 1.82) is 0 Å². The maximum Gasteiger partial charge on any atom is 0.276 e. The molecule has 0 radical (unpaired) electrons. The van der Waals surface area contributed by atoms with Gasteiger partial charge in [0.05, 0.1) is 17.7 Å². The zero-order chi connectivity index (χ0) is 19.1. The highest BCUT2D eigenvalue weighted by Crippen LogP contribution is 2.34. The number of aromatic nitrogens is 6. The zero-order valence-electron chi connectivity index (χ0n) is 15.1. The molecule has 4 heterocycles. The molecule has 0 saturated heterocycles. The van der Waals surface area contributed by atoms with Crippen molar-refractivity contribution in [2.45, 2.75) is 19.4 Å². The Bertz CT molecular complexity index is 1110. The first-order valence-electron chi connectivity index (χ1n) is 8.92. The Balaban J connectivity index is 1.54. The van der Waals surface area contributed by atoms with Crippen LogP contribution in [-0.2, 0) is 6.42 Å². The van der Waals surface area contributed by atoms with Crippen molar-refractivity contribution < 1.29 is 9.32 Å². The molecular weight excluding hydrogens is 358 g/mol. The summed E-state index contributed by atoms with van der Waals surface area (Å²) in [6.45, 7) is 2.33. The lowest BCUT2D eigenvalue weighted by atomic mass is 9.95. The number of hydrogen-bond donors (Lipinski definition) is 1. The first-order chi connectivity index (χ1) is 13.7.